The molecule has 1 aliphatic heterocycles. The largest absolute Gasteiger partial charge is 0.418 e. The molecular formula is C22H21F4N3O3. The number of nitrogens with zero attached hydrogens (tertiary/aromatic N) is 1. The van der Waals surface area contributed by atoms with Crippen molar-refractivity contribution in [2.75, 3.05) is 25.6 Å². The first-order valence-electron chi connectivity index (χ1n) is 9.64. The Labute approximate surface area is 181 Å². The van der Waals surface area contributed by atoms with E-state index in [1.54, 1.807) is 0 Å². The minimum absolute atomic E-state index is 0.0317. The maximum absolute atomic E-state index is 13.4. The van der Waals surface area contributed by atoms with Crippen LogP contribution in [0.15, 0.2) is 59.8 Å². The Hall–Kier alpha value is -3.40. The summed E-state index contributed by atoms with van der Waals surface area (Å²) in [5, 5.41) is 4.99. The summed E-state index contributed by atoms with van der Waals surface area (Å²) in [6.45, 7) is 1.83. The summed E-state index contributed by atoms with van der Waals surface area (Å²) < 4.78 is 58.5. The van der Waals surface area contributed by atoms with Crippen LogP contribution in [0.4, 0.5) is 28.0 Å². The molecule has 2 aromatic rings. The number of ether oxygens (including phenoxy) is 1. The van der Waals surface area contributed by atoms with E-state index in [0.29, 0.717) is 5.56 Å². The first-order valence-corrected chi connectivity index (χ1v) is 9.64. The fourth-order valence-corrected chi connectivity index (χ4v) is 3.46. The zero-order valence-electron chi connectivity index (χ0n) is 17.3. The SMILES string of the molecule is COCCN1C(=O)NC(c2ccc(F)cc2)C(C(=O)Nc2ccccc2C(F)(F)F)=C1C. The average Bonchev–Trinajstić information content (AvgIpc) is 2.73. The van der Waals surface area contributed by atoms with Crippen LogP contribution in [0.25, 0.3) is 0 Å². The minimum atomic E-state index is -4.67. The molecule has 1 aliphatic rings. The van der Waals surface area contributed by atoms with E-state index in [9.17, 15) is 27.2 Å². The molecule has 1 atom stereocenters. The molecular weight excluding hydrogens is 430 g/mol. The van der Waals surface area contributed by atoms with Crippen molar-refractivity contribution >= 4 is 17.6 Å². The fourth-order valence-electron chi connectivity index (χ4n) is 3.46. The van der Waals surface area contributed by atoms with E-state index in [0.717, 1.165) is 12.1 Å². The number of rotatable bonds is 6. The van der Waals surface area contributed by atoms with Crippen LogP contribution in [0.1, 0.15) is 24.1 Å². The van der Waals surface area contributed by atoms with Crippen molar-refractivity contribution in [3.63, 3.8) is 0 Å². The normalized spacial score (nSPS) is 16.8. The predicted octanol–water partition coefficient (Wildman–Crippen LogP) is 4.47. The van der Waals surface area contributed by atoms with Crippen LogP contribution in [-0.4, -0.2) is 37.1 Å². The number of allylic oxidation sites excluding steroid dienone is 1. The van der Waals surface area contributed by atoms with E-state index in [-0.39, 0.29) is 24.4 Å². The number of halogens is 4. The quantitative estimate of drug-likeness (QED) is 0.637. The molecule has 0 aromatic heterocycles. The second-order valence-corrected chi connectivity index (χ2v) is 7.08. The van der Waals surface area contributed by atoms with Gasteiger partial charge in [0, 0.05) is 12.8 Å². The van der Waals surface area contributed by atoms with E-state index >= 15 is 0 Å². The number of alkyl halides is 3. The van der Waals surface area contributed by atoms with Crippen molar-refractivity contribution in [1.82, 2.24) is 10.2 Å². The maximum Gasteiger partial charge on any atom is 0.418 e. The van der Waals surface area contributed by atoms with Gasteiger partial charge in [0.05, 0.1) is 36.0 Å². The second kappa shape index (κ2) is 9.39. The van der Waals surface area contributed by atoms with Crippen LogP contribution in [0.5, 0.6) is 0 Å². The van der Waals surface area contributed by atoms with Gasteiger partial charge in [-0.05, 0) is 36.8 Å². The maximum atomic E-state index is 13.4. The summed E-state index contributed by atoms with van der Waals surface area (Å²) >= 11 is 0. The molecule has 10 heteroatoms. The van der Waals surface area contributed by atoms with Gasteiger partial charge in [-0.3, -0.25) is 9.69 Å². The number of hydrogen-bond acceptors (Lipinski definition) is 3. The molecule has 1 heterocycles. The Balaban J connectivity index is 2.04. The van der Waals surface area contributed by atoms with Gasteiger partial charge in [0.15, 0.2) is 0 Å². The summed E-state index contributed by atoms with van der Waals surface area (Å²) in [5.41, 5.74) is -0.726. The van der Waals surface area contributed by atoms with Gasteiger partial charge in [0.2, 0.25) is 0 Å². The molecule has 3 amide bonds. The van der Waals surface area contributed by atoms with Crippen LogP contribution in [0.2, 0.25) is 0 Å². The third-order valence-corrected chi connectivity index (χ3v) is 5.04. The summed E-state index contributed by atoms with van der Waals surface area (Å²) in [4.78, 5) is 27.1. The lowest BCUT2D eigenvalue weighted by molar-refractivity contribution is -0.137. The van der Waals surface area contributed by atoms with E-state index in [1.165, 1.54) is 55.3 Å². The van der Waals surface area contributed by atoms with Gasteiger partial charge in [0.1, 0.15) is 5.82 Å². The van der Waals surface area contributed by atoms with Gasteiger partial charge in [-0.1, -0.05) is 24.3 Å². The van der Waals surface area contributed by atoms with Gasteiger partial charge in [0.25, 0.3) is 5.91 Å². The van der Waals surface area contributed by atoms with E-state index in [1.807, 2.05) is 0 Å². The minimum Gasteiger partial charge on any atom is -0.383 e. The highest BCUT2D eigenvalue weighted by atomic mass is 19.4. The van der Waals surface area contributed by atoms with Crippen molar-refractivity contribution in [3.8, 4) is 0 Å². The Morgan fingerprint density at radius 1 is 1.16 bits per heavy atom. The average molecular weight is 451 g/mol. The molecule has 3 rings (SSSR count). The van der Waals surface area contributed by atoms with E-state index in [2.05, 4.69) is 10.6 Å². The lowest BCUT2D eigenvalue weighted by atomic mass is 9.94. The molecule has 2 aromatic carbocycles. The van der Waals surface area contributed by atoms with Crippen LogP contribution in [0, 0.1) is 5.82 Å². The molecule has 1 unspecified atom stereocenters. The number of methoxy groups -OCH3 is 1. The topological polar surface area (TPSA) is 70.7 Å². The number of amides is 3. The Morgan fingerprint density at radius 3 is 2.44 bits per heavy atom. The highest BCUT2D eigenvalue weighted by Gasteiger charge is 2.37. The van der Waals surface area contributed by atoms with E-state index in [4.69, 9.17) is 4.74 Å². The summed E-state index contributed by atoms with van der Waals surface area (Å²) in [6, 6.07) is 8.24. The van der Waals surface area contributed by atoms with Crippen LogP contribution < -0.4 is 10.6 Å². The van der Waals surface area contributed by atoms with Crippen LogP contribution in [0.3, 0.4) is 0 Å². The number of carbonyl (C=O) groups excluding carboxylic acids is 2. The third-order valence-electron chi connectivity index (χ3n) is 5.04. The molecule has 0 radical (unpaired) electrons. The molecule has 170 valence electrons. The lowest BCUT2D eigenvalue weighted by Gasteiger charge is -2.35. The number of hydrogen-bond donors (Lipinski definition) is 2. The van der Waals surface area contributed by atoms with Crippen molar-refractivity contribution in [3.05, 3.63) is 76.7 Å². The number of benzene rings is 2. The molecule has 0 spiro atoms. The van der Waals surface area contributed by atoms with Gasteiger partial charge < -0.3 is 15.4 Å². The smallest absolute Gasteiger partial charge is 0.383 e. The van der Waals surface area contributed by atoms with Gasteiger partial charge in [-0.15, -0.1) is 0 Å². The first-order chi connectivity index (χ1) is 15.1. The summed E-state index contributed by atoms with van der Waals surface area (Å²) in [5.74, 6) is -1.33. The number of carbonyl (C=O) groups is 2. The molecule has 0 aliphatic carbocycles. The molecule has 0 saturated carbocycles. The monoisotopic (exact) mass is 451 g/mol. The molecule has 0 fully saturated rings. The molecule has 0 saturated heterocycles. The Bertz CT molecular complexity index is 1040. The van der Waals surface area contributed by atoms with Crippen molar-refractivity contribution in [2.45, 2.75) is 19.1 Å². The zero-order valence-corrected chi connectivity index (χ0v) is 17.3. The molecule has 32 heavy (non-hydrogen) atoms. The molecule has 2 N–H and O–H groups in total. The fraction of sp³-hybridized carbons (Fsp3) is 0.273. The van der Waals surface area contributed by atoms with E-state index < -0.39 is 41.2 Å². The van der Waals surface area contributed by atoms with Crippen molar-refractivity contribution in [2.24, 2.45) is 0 Å². The van der Waals surface area contributed by atoms with Crippen molar-refractivity contribution in [1.29, 1.82) is 0 Å². The van der Waals surface area contributed by atoms with Crippen molar-refractivity contribution < 1.29 is 31.9 Å². The number of para-hydroxylation sites is 1. The second-order valence-electron chi connectivity index (χ2n) is 7.08. The van der Waals surface area contributed by atoms with Crippen LogP contribution >= 0.6 is 0 Å². The Kier molecular flexibility index (Phi) is 6.83. The predicted molar refractivity (Wildman–Crippen MR) is 109 cm³/mol. The lowest BCUT2D eigenvalue weighted by Crippen LogP contribution is -2.49. The van der Waals surface area contributed by atoms with Gasteiger partial charge in [-0.2, -0.15) is 13.2 Å². The van der Waals surface area contributed by atoms with Gasteiger partial charge in [-0.25, -0.2) is 9.18 Å². The number of nitrogens with one attached hydrogen (secondary N) is 2. The highest BCUT2D eigenvalue weighted by Crippen LogP contribution is 2.36. The van der Waals surface area contributed by atoms with Crippen LogP contribution in [-0.2, 0) is 15.7 Å². The van der Waals surface area contributed by atoms with Gasteiger partial charge >= 0.3 is 12.2 Å². The molecule has 0 bridgehead atoms. The standard InChI is InChI=1S/C22H21F4N3O3/c1-13-18(20(30)27-17-6-4-3-5-16(17)22(24,25)26)19(14-7-9-15(23)10-8-14)28-21(31)29(13)11-12-32-2/h3-10,19H,11-12H2,1-2H3,(H,27,30)(H,28,31). The zero-order chi connectivity index (χ0) is 23.5. The molecule has 6 nitrogen and oxygen atoms in total. The third kappa shape index (κ3) is 4.91. The number of anilines is 1. The Morgan fingerprint density at radius 2 is 1.81 bits per heavy atom. The highest BCUT2D eigenvalue weighted by molar-refractivity contribution is 6.07. The first kappa shape index (κ1) is 23.3. The number of urea groups is 1. The summed E-state index contributed by atoms with van der Waals surface area (Å²) in [7, 11) is 1.45. The summed E-state index contributed by atoms with van der Waals surface area (Å²) in [6.07, 6.45) is -4.67.